The molecule has 1 aliphatic rings. The standard InChI is InChI=1S/C16H19N3OS/c20-16(18-13-6-8-17-9-7-13)14-11-21-15(19-14)10-12-4-2-1-3-5-12/h1-5,11,13,17H,6-10H2,(H,18,20). The van der Waals surface area contributed by atoms with E-state index in [1.807, 2.05) is 23.6 Å². The minimum atomic E-state index is -0.0440. The van der Waals surface area contributed by atoms with E-state index >= 15 is 0 Å². The second-order valence-corrected chi connectivity index (χ2v) is 6.23. The van der Waals surface area contributed by atoms with Crippen LogP contribution in [0.1, 0.15) is 33.9 Å². The number of aromatic nitrogens is 1. The normalized spacial score (nSPS) is 15.8. The van der Waals surface area contributed by atoms with Crippen LogP contribution in [0.15, 0.2) is 35.7 Å². The second-order valence-electron chi connectivity index (χ2n) is 5.29. The molecular weight excluding hydrogens is 282 g/mol. The van der Waals surface area contributed by atoms with Crippen LogP contribution in [0.5, 0.6) is 0 Å². The lowest BCUT2D eigenvalue weighted by Crippen LogP contribution is -2.42. The van der Waals surface area contributed by atoms with E-state index in [-0.39, 0.29) is 11.9 Å². The number of carbonyl (C=O) groups is 1. The summed E-state index contributed by atoms with van der Waals surface area (Å²) in [6.07, 6.45) is 2.77. The monoisotopic (exact) mass is 301 g/mol. The summed E-state index contributed by atoms with van der Waals surface area (Å²) in [6.45, 7) is 1.95. The Morgan fingerprint density at radius 3 is 2.81 bits per heavy atom. The zero-order chi connectivity index (χ0) is 14.5. The first-order chi connectivity index (χ1) is 10.3. The van der Waals surface area contributed by atoms with Crippen LogP contribution in [0.2, 0.25) is 0 Å². The summed E-state index contributed by atoms with van der Waals surface area (Å²) in [7, 11) is 0. The first kappa shape index (κ1) is 14.2. The van der Waals surface area contributed by atoms with Gasteiger partial charge < -0.3 is 10.6 Å². The van der Waals surface area contributed by atoms with E-state index < -0.39 is 0 Å². The van der Waals surface area contributed by atoms with Crippen molar-refractivity contribution < 1.29 is 4.79 Å². The number of amides is 1. The number of nitrogens with one attached hydrogen (secondary N) is 2. The second kappa shape index (κ2) is 6.83. The smallest absolute Gasteiger partial charge is 0.270 e. The number of piperidine rings is 1. The van der Waals surface area contributed by atoms with Gasteiger partial charge in [0.15, 0.2) is 0 Å². The van der Waals surface area contributed by atoms with Crippen molar-refractivity contribution in [3.05, 3.63) is 52.0 Å². The Labute approximate surface area is 128 Å². The van der Waals surface area contributed by atoms with E-state index in [0.29, 0.717) is 5.69 Å². The maximum Gasteiger partial charge on any atom is 0.270 e. The molecule has 1 amide bonds. The molecule has 1 aromatic carbocycles. The van der Waals surface area contributed by atoms with Crippen LogP contribution in [0, 0.1) is 0 Å². The molecule has 0 unspecified atom stereocenters. The van der Waals surface area contributed by atoms with Gasteiger partial charge in [-0.2, -0.15) is 0 Å². The molecule has 0 spiro atoms. The molecule has 1 aliphatic heterocycles. The highest BCUT2D eigenvalue weighted by Gasteiger charge is 2.18. The molecule has 0 radical (unpaired) electrons. The third-order valence-corrected chi connectivity index (χ3v) is 4.51. The molecule has 2 aromatic rings. The van der Waals surface area contributed by atoms with Gasteiger partial charge >= 0.3 is 0 Å². The van der Waals surface area contributed by atoms with Crippen molar-refractivity contribution in [2.45, 2.75) is 25.3 Å². The van der Waals surface area contributed by atoms with E-state index in [1.165, 1.54) is 5.56 Å². The fraction of sp³-hybridized carbons (Fsp3) is 0.375. The van der Waals surface area contributed by atoms with Crippen molar-refractivity contribution in [3.63, 3.8) is 0 Å². The maximum atomic E-state index is 12.2. The topological polar surface area (TPSA) is 54.0 Å². The van der Waals surface area contributed by atoms with Crippen LogP contribution < -0.4 is 10.6 Å². The Morgan fingerprint density at radius 1 is 1.29 bits per heavy atom. The molecule has 0 aliphatic carbocycles. The third-order valence-electron chi connectivity index (χ3n) is 3.66. The summed E-state index contributed by atoms with van der Waals surface area (Å²) < 4.78 is 0. The first-order valence-electron chi connectivity index (χ1n) is 7.31. The number of thiazole rings is 1. The minimum Gasteiger partial charge on any atom is -0.348 e. The van der Waals surface area contributed by atoms with E-state index in [0.717, 1.165) is 37.4 Å². The largest absolute Gasteiger partial charge is 0.348 e. The lowest BCUT2D eigenvalue weighted by molar-refractivity contribution is 0.0925. The van der Waals surface area contributed by atoms with Gasteiger partial charge in [-0.3, -0.25) is 4.79 Å². The summed E-state index contributed by atoms with van der Waals surface area (Å²) in [4.78, 5) is 16.7. The molecule has 1 saturated heterocycles. The molecule has 0 bridgehead atoms. The number of hydrogen-bond donors (Lipinski definition) is 2. The summed E-state index contributed by atoms with van der Waals surface area (Å²) in [5.74, 6) is -0.0440. The van der Waals surface area contributed by atoms with Crippen molar-refractivity contribution in [2.75, 3.05) is 13.1 Å². The number of nitrogens with zero attached hydrogens (tertiary/aromatic N) is 1. The quantitative estimate of drug-likeness (QED) is 0.910. The van der Waals surface area contributed by atoms with Crippen LogP contribution in [-0.4, -0.2) is 30.0 Å². The third kappa shape index (κ3) is 3.89. The Hall–Kier alpha value is -1.72. The van der Waals surface area contributed by atoms with Crippen LogP contribution in [0.25, 0.3) is 0 Å². The SMILES string of the molecule is O=C(NC1CCNCC1)c1csc(Cc2ccccc2)n1. The zero-order valence-electron chi connectivity index (χ0n) is 11.8. The first-order valence-corrected chi connectivity index (χ1v) is 8.19. The molecule has 1 fully saturated rings. The molecule has 4 nitrogen and oxygen atoms in total. The van der Waals surface area contributed by atoms with E-state index in [4.69, 9.17) is 0 Å². The minimum absolute atomic E-state index is 0.0440. The van der Waals surface area contributed by atoms with Crippen LogP contribution in [0.3, 0.4) is 0 Å². The Morgan fingerprint density at radius 2 is 2.05 bits per heavy atom. The van der Waals surface area contributed by atoms with Crippen molar-refractivity contribution in [1.29, 1.82) is 0 Å². The van der Waals surface area contributed by atoms with Gasteiger partial charge in [0.1, 0.15) is 5.69 Å². The van der Waals surface area contributed by atoms with Crippen molar-refractivity contribution in [3.8, 4) is 0 Å². The van der Waals surface area contributed by atoms with Crippen LogP contribution in [0.4, 0.5) is 0 Å². The maximum absolute atomic E-state index is 12.2. The van der Waals surface area contributed by atoms with E-state index in [2.05, 4.69) is 27.8 Å². The van der Waals surface area contributed by atoms with Crippen molar-refractivity contribution >= 4 is 17.2 Å². The van der Waals surface area contributed by atoms with Crippen molar-refractivity contribution in [1.82, 2.24) is 15.6 Å². The zero-order valence-corrected chi connectivity index (χ0v) is 12.7. The van der Waals surface area contributed by atoms with Gasteiger partial charge in [0.2, 0.25) is 0 Å². The van der Waals surface area contributed by atoms with Crippen LogP contribution >= 0.6 is 11.3 Å². The number of rotatable bonds is 4. The average Bonchev–Trinajstić information content (AvgIpc) is 2.98. The predicted octanol–water partition coefficient (Wildman–Crippen LogP) is 2.22. The molecule has 0 saturated carbocycles. The van der Waals surface area contributed by atoms with E-state index in [9.17, 15) is 4.79 Å². The fourth-order valence-corrected chi connectivity index (χ4v) is 3.30. The van der Waals surface area contributed by atoms with Gasteiger partial charge in [-0.15, -0.1) is 11.3 Å². The summed E-state index contributed by atoms with van der Waals surface area (Å²) in [5.41, 5.74) is 1.77. The summed E-state index contributed by atoms with van der Waals surface area (Å²) >= 11 is 1.55. The van der Waals surface area contributed by atoms with Gasteiger partial charge in [-0.05, 0) is 31.5 Å². The molecule has 2 heterocycles. The number of carbonyl (C=O) groups excluding carboxylic acids is 1. The Kier molecular flexibility index (Phi) is 4.62. The van der Waals surface area contributed by atoms with Gasteiger partial charge in [0.05, 0.1) is 5.01 Å². The molecular formula is C16H19N3OS. The highest BCUT2D eigenvalue weighted by molar-refractivity contribution is 7.09. The van der Waals surface area contributed by atoms with Gasteiger partial charge in [0.25, 0.3) is 5.91 Å². The molecule has 21 heavy (non-hydrogen) atoms. The number of benzene rings is 1. The fourth-order valence-electron chi connectivity index (χ4n) is 2.49. The lowest BCUT2D eigenvalue weighted by Gasteiger charge is -2.23. The number of hydrogen-bond acceptors (Lipinski definition) is 4. The Bertz CT molecular complexity index is 591. The molecule has 1 aromatic heterocycles. The Balaban J connectivity index is 1.60. The lowest BCUT2D eigenvalue weighted by atomic mass is 10.1. The average molecular weight is 301 g/mol. The highest BCUT2D eigenvalue weighted by atomic mass is 32.1. The van der Waals surface area contributed by atoms with E-state index in [1.54, 1.807) is 11.3 Å². The molecule has 0 atom stereocenters. The molecule has 5 heteroatoms. The van der Waals surface area contributed by atoms with Gasteiger partial charge in [-0.1, -0.05) is 30.3 Å². The highest BCUT2D eigenvalue weighted by Crippen LogP contribution is 2.15. The van der Waals surface area contributed by atoms with Gasteiger partial charge in [0, 0.05) is 17.8 Å². The van der Waals surface area contributed by atoms with Crippen LogP contribution in [-0.2, 0) is 6.42 Å². The molecule has 110 valence electrons. The molecule has 3 rings (SSSR count). The summed E-state index contributed by atoms with van der Waals surface area (Å²) in [5, 5.41) is 9.21. The predicted molar refractivity (Wildman–Crippen MR) is 84.7 cm³/mol. The summed E-state index contributed by atoms with van der Waals surface area (Å²) in [6, 6.07) is 10.5. The van der Waals surface area contributed by atoms with Gasteiger partial charge in [-0.25, -0.2) is 4.98 Å². The van der Waals surface area contributed by atoms with Crippen molar-refractivity contribution in [2.24, 2.45) is 0 Å². The molecule has 2 N–H and O–H groups in total.